The summed E-state index contributed by atoms with van der Waals surface area (Å²) in [6, 6.07) is 3.58. The Kier molecular flexibility index (Phi) is 6.55. The number of unbranched alkanes of at least 4 members (excludes halogenated alkanes) is 1. The fourth-order valence-electron chi connectivity index (χ4n) is 1.97. The molecule has 0 aliphatic carbocycles. The van der Waals surface area contributed by atoms with Gasteiger partial charge in [0.05, 0.1) is 0 Å². The number of nitrogens with one attached hydrogen (secondary N) is 1. The van der Waals surface area contributed by atoms with Gasteiger partial charge in [-0.05, 0) is 25.5 Å². The van der Waals surface area contributed by atoms with Gasteiger partial charge >= 0.3 is 0 Å². The minimum Gasteiger partial charge on any atom is -0.409 e. The van der Waals surface area contributed by atoms with Crippen LogP contribution in [-0.4, -0.2) is 17.6 Å². The van der Waals surface area contributed by atoms with Crippen LogP contribution in [0.5, 0.6) is 0 Å². The molecule has 0 aromatic heterocycles. The molecule has 0 heterocycles. The van der Waals surface area contributed by atoms with Crippen LogP contribution < -0.4 is 11.1 Å². The van der Waals surface area contributed by atoms with Gasteiger partial charge in [0.1, 0.15) is 17.5 Å². The highest BCUT2D eigenvalue weighted by molar-refractivity contribution is 5.85. The van der Waals surface area contributed by atoms with Crippen molar-refractivity contribution in [3.63, 3.8) is 0 Å². The summed E-state index contributed by atoms with van der Waals surface area (Å²) in [4.78, 5) is 0. The van der Waals surface area contributed by atoms with Gasteiger partial charge in [-0.15, -0.1) is 0 Å². The molecule has 0 bridgehead atoms. The maximum atomic E-state index is 13.4. The molecule has 0 amide bonds. The van der Waals surface area contributed by atoms with E-state index < -0.39 is 11.6 Å². The van der Waals surface area contributed by atoms with Crippen molar-refractivity contribution in [2.45, 2.75) is 39.7 Å². The molecule has 1 aromatic carbocycles. The van der Waals surface area contributed by atoms with E-state index in [0.29, 0.717) is 12.1 Å². The number of amidine groups is 1. The van der Waals surface area contributed by atoms with E-state index in [1.807, 2.05) is 13.8 Å². The van der Waals surface area contributed by atoms with Crippen molar-refractivity contribution in [2.24, 2.45) is 16.3 Å². The molecule has 1 aromatic rings. The van der Waals surface area contributed by atoms with Gasteiger partial charge in [-0.25, -0.2) is 8.78 Å². The number of halogens is 2. The maximum Gasteiger partial charge on any atom is 0.144 e. The first-order valence-corrected chi connectivity index (χ1v) is 6.99. The van der Waals surface area contributed by atoms with Crippen LogP contribution in [-0.2, 0) is 6.54 Å². The van der Waals surface area contributed by atoms with Gasteiger partial charge in [0.25, 0.3) is 0 Å². The molecule has 0 aliphatic rings. The average molecular weight is 299 g/mol. The monoisotopic (exact) mass is 299 g/mol. The lowest BCUT2D eigenvalue weighted by Crippen LogP contribution is -2.32. The Balaban J connectivity index is 2.23. The first kappa shape index (κ1) is 17.4. The Bertz CT molecular complexity index is 490. The zero-order valence-electron chi connectivity index (χ0n) is 12.5. The highest BCUT2D eigenvalue weighted by atomic mass is 19.1. The summed E-state index contributed by atoms with van der Waals surface area (Å²) in [5.41, 5.74) is 5.73. The number of hydrogen-bond donors (Lipinski definition) is 3. The predicted molar refractivity (Wildman–Crippen MR) is 79.1 cm³/mol. The SMILES string of the molecule is CC(C)(CCCCNCc1ccc(F)cc1F)/C(N)=N/O. The van der Waals surface area contributed by atoms with Crippen LogP contribution in [0.4, 0.5) is 8.78 Å². The van der Waals surface area contributed by atoms with E-state index in [-0.39, 0.29) is 11.3 Å². The first-order valence-electron chi connectivity index (χ1n) is 6.99. The summed E-state index contributed by atoms with van der Waals surface area (Å²) in [7, 11) is 0. The second-order valence-corrected chi connectivity index (χ2v) is 5.74. The summed E-state index contributed by atoms with van der Waals surface area (Å²) >= 11 is 0. The van der Waals surface area contributed by atoms with Crippen molar-refractivity contribution in [2.75, 3.05) is 6.54 Å². The standard InChI is InChI=1S/C15H23F2N3O/c1-15(2,14(18)20-21)7-3-4-8-19-10-11-5-6-12(16)9-13(11)17/h5-6,9,19,21H,3-4,7-8,10H2,1-2H3,(H2,18,20). The minimum absolute atomic E-state index is 0.226. The molecule has 4 N–H and O–H groups in total. The molecule has 0 unspecified atom stereocenters. The first-order chi connectivity index (χ1) is 9.86. The second kappa shape index (κ2) is 7.93. The predicted octanol–water partition coefficient (Wildman–Crippen LogP) is 3.00. The van der Waals surface area contributed by atoms with Crippen LogP contribution in [0.2, 0.25) is 0 Å². The van der Waals surface area contributed by atoms with Crippen molar-refractivity contribution in [1.29, 1.82) is 0 Å². The molecule has 118 valence electrons. The largest absolute Gasteiger partial charge is 0.409 e. The third kappa shape index (κ3) is 5.67. The lowest BCUT2D eigenvalue weighted by molar-refractivity contribution is 0.304. The van der Waals surface area contributed by atoms with E-state index in [0.717, 1.165) is 31.9 Å². The molecule has 0 saturated heterocycles. The quantitative estimate of drug-likeness (QED) is 0.227. The van der Waals surface area contributed by atoms with E-state index in [9.17, 15) is 8.78 Å². The molecular weight excluding hydrogens is 276 g/mol. The summed E-state index contributed by atoms with van der Waals surface area (Å²) in [6.45, 7) is 4.94. The Morgan fingerprint density at radius 2 is 2.05 bits per heavy atom. The number of oxime groups is 1. The topological polar surface area (TPSA) is 70.6 Å². The highest BCUT2D eigenvalue weighted by Crippen LogP contribution is 2.23. The van der Waals surface area contributed by atoms with E-state index in [2.05, 4.69) is 10.5 Å². The molecule has 0 fully saturated rings. The smallest absolute Gasteiger partial charge is 0.144 e. The fraction of sp³-hybridized carbons (Fsp3) is 0.533. The summed E-state index contributed by atoms with van der Waals surface area (Å²) in [5.74, 6) is -0.874. The van der Waals surface area contributed by atoms with Crippen molar-refractivity contribution >= 4 is 5.84 Å². The molecule has 21 heavy (non-hydrogen) atoms. The molecule has 0 spiro atoms. The van der Waals surface area contributed by atoms with Crippen molar-refractivity contribution < 1.29 is 14.0 Å². The van der Waals surface area contributed by atoms with Crippen LogP contribution in [0, 0.1) is 17.0 Å². The van der Waals surface area contributed by atoms with E-state index in [1.54, 1.807) is 0 Å². The number of rotatable bonds is 8. The molecule has 0 atom stereocenters. The van der Waals surface area contributed by atoms with E-state index >= 15 is 0 Å². The highest BCUT2D eigenvalue weighted by Gasteiger charge is 2.22. The second-order valence-electron chi connectivity index (χ2n) is 5.74. The molecule has 4 nitrogen and oxygen atoms in total. The number of hydrogen-bond acceptors (Lipinski definition) is 3. The Morgan fingerprint density at radius 3 is 2.67 bits per heavy atom. The summed E-state index contributed by atoms with van der Waals surface area (Å²) in [5, 5.41) is 14.8. The van der Waals surface area contributed by atoms with Gasteiger partial charge in [0, 0.05) is 23.6 Å². The maximum absolute atomic E-state index is 13.4. The Hall–Kier alpha value is -1.69. The number of nitrogens with zero attached hydrogens (tertiary/aromatic N) is 1. The van der Waals surface area contributed by atoms with Gasteiger partial charge < -0.3 is 16.3 Å². The van der Waals surface area contributed by atoms with Crippen LogP contribution >= 0.6 is 0 Å². The van der Waals surface area contributed by atoms with Crippen molar-refractivity contribution in [3.05, 3.63) is 35.4 Å². The molecule has 0 saturated carbocycles. The van der Waals surface area contributed by atoms with Gasteiger partial charge in [-0.2, -0.15) is 0 Å². The van der Waals surface area contributed by atoms with Crippen molar-refractivity contribution in [3.8, 4) is 0 Å². The van der Waals surface area contributed by atoms with Gasteiger partial charge in [0.2, 0.25) is 0 Å². The lowest BCUT2D eigenvalue weighted by Gasteiger charge is -2.22. The zero-order chi connectivity index (χ0) is 15.9. The summed E-state index contributed by atoms with van der Waals surface area (Å²) < 4.78 is 26.1. The molecule has 6 heteroatoms. The zero-order valence-corrected chi connectivity index (χ0v) is 12.5. The Morgan fingerprint density at radius 1 is 1.33 bits per heavy atom. The number of nitrogens with two attached hydrogens (primary N) is 1. The van der Waals surface area contributed by atoms with Crippen molar-refractivity contribution in [1.82, 2.24) is 5.32 Å². The Labute approximate surface area is 124 Å². The van der Waals surface area contributed by atoms with Gasteiger partial charge in [-0.3, -0.25) is 0 Å². The fourth-order valence-corrected chi connectivity index (χ4v) is 1.97. The minimum atomic E-state index is -0.568. The van der Waals surface area contributed by atoms with Gasteiger partial charge in [0.15, 0.2) is 0 Å². The van der Waals surface area contributed by atoms with Crippen LogP contribution in [0.1, 0.15) is 38.7 Å². The van der Waals surface area contributed by atoms with Gasteiger partial charge in [-0.1, -0.05) is 31.5 Å². The molecule has 0 aliphatic heterocycles. The third-order valence-corrected chi connectivity index (χ3v) is 3.54. The normalized spacial score (nSPS) is 12.7. The lowest BCUT2D eigenvalue weighted by atomic mass is 9.86. The molecular formula is C15H23F2N3O. The molecule has 1 rings (SSSR count). The van der Waals surface area contributed by atoms with E-state index in [1.165, 1.54) is 12.1 Å². The van der Waals surface area contributed by atoms with Crippen LogP contribution in [0.25, 0.3) is 0 Å². The number of benzene rings is 1. The average Bonchev–Trinajstić information content (AvgIpc) is 2.43. The van der Waals surface area contributed by atoms with Crippen LogP contribution in [0.15, 0.2) is 23.4 Å². The van der Waals surface area contributed by atoms with Crippen LogP contribution in [0.3, 0.4) is 0 Å². The van der Waals surface area contributed by atoms with E-state index in [4.69, 9.17) is 10.9 Å². The third-order valence-electron chi connectivity index (χ3n) is 3.54. The summed E-state index contributed by atoms with van der Waals surface area (Å²) in [6.07, 6.45) is 2.60. The molecule has 0 radical (unpaired) electrons.